The van der Waals surface area contributed by atoms with Crippen LogP contribution in [-0.2, 0) is 4.79 Å². The number of aryl methyl sites for hydroxylation is 2. The zero-order valence-corrected chi connectivity index (χ0v) is 15.1. The molecule has 1 atom stereocenters. The molecule has 0 radical (unpaired) electrons. The van der Waals surface area contributed by atoms with Gasteiger partial charge in [0.25, 0.3) is 0 Å². The number of hydrogen-bond donors (Lipinski definition) is 2. The summed E-state index contributed by atoms with van der Waals surface area (Å²) in [6.45, 7) is 5.59. The largest absolute Gasteiger partial charge is 0.335 e. The molecule has 2 aromatic rings. The molecule has 0 aliphatic heterocycles. The lowest BCUT2D eigenvalue weighted by Crippen LogP contribution is -2.43. The van der Waals surface area contributed by atoms with Crippen LogP contribution in [0.15, 0.2) is 23.2 Å². The average molecular weight is 360 g/mol. The summed E-state index contributed by atoms with van der Waals surface area (Å²) in [7, 11) is 0. The van der Waals surface area contributed by atoms with Crippen LogP contribution < -0.4 is 10.6 Å². The van der Waals surface area contributed by atoms with Gasteiger partial charge in [0, 0.05) is 11.7 Å². The van der Waals surface area contributed by atoms with Crippen LogP contribution in [0.4, 0.5) is 4.79 Å². The third-order valence-electron chi connectivity index (χ3n) is 3.67. The number of hydrogen-bond acceptors (Lipinski definition) is 6. The molecule has 1 aliphatic carbocycles. The minimum atomic E-state index is -0.459. The fourth-order valence-electron chi connectivity index (χ4n) is 2.25. The van der Waals surface area contributed by atoms with Gasteiger partial charge < -0.3 is 5.32 Å². The van der Waals surface area contributed by atoms with Gasteiger partial charge in [-0.2, -0.15) is 5.10 Å². The summed E-state index contributed by atoms with van der Waals surface area (Å²) in [4.78, 5) is 23.6. The van der Waals surface area contributed by atoms with E-state index in [9.17, 15) is 9.59 Å². The molecule has 1 fully saturated rings. The number of nitrogens with one attached hydrogen (secondary N) is 2. The van der Waals surface area contributed by atoms with Gasteiger partial charge in [0.05, 0.1) is 10.9 Å². The van der Waals surface area contributed by atoms with E-state index in [0.717, 1.165) is 24.2 Å². The number of imide groups is 1. The summed E-state index contributed by atoms with van der Waals surface area (Å²) in [5.41, 5.74) is 1.88. The lowest BCUT2D eigenvalue weighted by atomic mass is 10.4. The second-order valence-corrected chi connectivity index (χ2v) is 7.43. The van der Waals surface area contributed by atoms with Crippen LogP contribution >= 0.6 is 11.8 Å². The normalized spacial score (nSPS) is 14.8. The van der Waals surface area contributed by atoms with Crippen molar-refractivity contribution in [1.82, 2.24) is 30.6 Å². The molecule has 3 rings (SSSR count). The number of carbonyl (C=O) groups is 2. The van der Waals surface area contributed by atoms with Crippen molar-refractivity contribution in [3.8, 4) is 5.82 Å². The highest BCUT2D eigenvalue weighted by atomic mass is 32.2. The van der Waals surface area contributed by atoms with Gasteiger partial charge in [0.1, 0.15) is 5.03 Å². The van der Waals surface area contributed by atoms with Gasteiger partial charge in [0.15, 0.2) is 5.82 Å². The molecule has 2 heterocycles. The predicted octanol–water partition coefficient (Wildman–Crippen LogP) is 1.75. The molecule has 2 N–H and O–H groups in total. The van der Waals surface area contributed by atoms with Crippen LogP contribution in [-0.4, -0.2) is 43.2 Å². The Balaban J connectivity index is 1.57. The molecule has 1 saturated carbocycles. The smallest absolute Gasteiger partial charge is 0.321 e. The van der Waals surface area contributed by atoms with Crippen molar-refractivity contribution in [2.24, 2.45) is 0 Å². The first kappa shape index (κ1) is 17.4. The summed E-state index contributed by atoms with van der Waals surface area (Å²) in [6, 6.07) is 5.33. The van der Waals surface area contributed by atoms with Crippen molar-refractivity contribution < 1.29 is 9.59 Å². The third kappa shape index (κ3) is 4.56. The highest BCUT2D eigenvalue weighted by Crippen LogP contribution is 2.22. The molecule has 1 aliphatic rings. The van der Waals surface area contributed by atoms with E-state index in [1.165, 1.54) is 11.8 Å². The maximum Gasteiger partial charge on any atom is 0.321 e. The Morgan fingerprint density at radius 2 is 2.04 bits per heavy atom. The quantitative estimate of drug-likeness (QED) is 0.788. The van der Waals surface area contributed by atoms with Gasteiger partial charge in [-0.15, -0.1) is 10.2 Å². The number of thioether (sulfide) groups is 1. The Labute approximate surface area is 149 Å². The van der Waals surface area contributed by atoms with Crippen LogP contribution in [0.5, 0.6) is 0 Å². The van der Waals surface area contributed by atoms with Crippen molar-refractivity contribution in [1.29, 1.82) is 0 Å². The van der Waals surface area contributed by atoms with Crippen LogP contribution in [0.2, 0.25) is 0 Å². The number of amides is 3. The standard InChI is InChI=1S/C16H20N6O2S/c1-9-8-10(2)22(21-9)13-6-7-14(20-19-13)25-11(3)15(23)18-16(24)17-12-4-5-12/h6-8,11-12H,4-5H2,1-3H3,(H2,17,18,23,24). The Kier molecular flexibility index (Phi) is 5.03. The molecule has 0 bridgehead atoms. The summed E-state index contributed by atoms with van der Waals surface area (Å²) in [6.07, 6.45) is 1.95. The van der Waals surface area contributed by atoms with E-state index in [1.807, 2.05) is 19.9 Å². The van der Waals surface area contributed by atoms with E-state index >= 15 is 0 Å². The zero-order valence-electron chi connectivity index (χ0n) is 14.3. The fourth-order valence-corrected chi connectivity index (χ4v) is 3.01. The molecule has 0 spiro atoms. The van der Waals surface area contributed by atoms with Gasteiger partial charge in [-0.1, -0.05) is 11.8 Å². The lowest BCUT2D eigenvalue weighted by Gasteiger charge is -2.11. The van der Waals surface area contributed by atoms with Crippen LogP contribution in [0.3, 0.4) is 0 Å². The molecule has 9 heteroatoms. The van der Waals surface area contributed by atoms with Gasteiger partial charge in [0.2, 0.25) is 5.91 Å². The van der Waals surface area contributed by atoms with Crippen molar-refractivity contribution in [2.75, 3.05) is 0 Å². The highest BCUT2D eigenvalue weighted by molar-refractivity contribution is 8.00. The lowest BCUT2D eigenvalue weighted by molar-refractivity contribution is -0.119. The summed E-state index contributed by atoms with van der Waals surface area (Å²) in [5.74, 6) is 0.267. The molecule has 8 nitrogen and oxygen atoms in total. The van der Waals surface area contributed by atoms with E-state index in [-0.39, 0.29) is 11.9 Å². The highest BCUT2D eigenvalue weighted by Gasteiger charge is 2.25. The van der Waals surface area contributed by atoms with Gasteiger partial charge in [-0.05, 0) is 51.8 Å². The minimum absolute atomic E-state index is 0.212. The SMILES string of the molecule is Cc1cc(C)n(-c2ccc(SC(C)C(=O)NC(=O)NC3CC3)nn2)n1. The third-order valence-corrected chi connectivity index (χ3v) is 4.70. The molecule has 132 valence electrons. The van der Waals surface area contributed by atoms with Gasteiger partial charge in [-0.25, -0.2) is 9.48 Å². The number of aromatic nitrogens is 4. The van der Waals surface area contributed by atoms with Crippen LogP contribution in [0.1, 0.15) is 31.2 Å². The second-order valence-electron chi connectivity index (χ2n) is 6.07. The second kappa shape index (κ2) is 7.22. The number of nitrogens with zero attached hydrogens (tertiary/aromatic N) is 4. The first-order valence-electron chi connectivity index (χ1n) is 8.08. The molecular weight excluding hydrogens is 340 g/mol. The van der Waals surface area contributed by atoms with E-state index in [0.29, 0.717) is 10.8 Å². The van der Waals surface area contributed by atoms with Gasteiger partial charge in [-0.3, -0.25) is 10.1 Å². The summed E-state index contributed by atoms with van der Waals surface area (Å²) < 4.78 is 1.72. The van der Waals surface area contributed by atoms with Crippen LogP contribution in [0, 0.1) is 13.8 Å². The Bertz CT molecular complexity index is 784. The predicted molar refractivity (Wildman–Crippen MR) is 93.6 cm³/mol. The average Bonchev–Trinajstić information content (AvgIpc) is 3.30. The van der Waals surface area contributed by atoms with E-state index in [4.69, 9.17) is 0 Å². The molecule has 1 unspecified atom stereocenters. The summed E-state index contributed by atoms with van der Waals surface area (Å²) >= 11 is 1.25. The first-order valence-corrected chi connectivity index (χ1v) is 8.95. The van der Waals surface area contributed by atoms with Crippen molar-refractivity contribution in [2.45, 2.75) is 49.9 Å². The van der Waals surface area contributed by atoms with E-state index in [1.54, 1.807) is 23.7 Å². The molecule has 3 amide bonds. The molecular formula is C16H20N6O2S. The monoisotopic (exact) mass is 360 g/mol. The Hall–Kier alpha value is -2.42. The molecule has 2 aromatic heterocycles. The minimum Gasteiger partial charge on any atom is -0.335 e. The van der Waals surface area contributed by atoms with E-state index < -0.39 is 11.3 Å². The Morgan fingerprint density at radius 3 is 2.60 bits per heavy atom. The van der Waals surface area contributed by atoms with Crippen molar-refractivity contribution in [3.05, 3.63) is 29.6 Å². The zero-order chi connectivity index (χ0) is 18.0. The van der Waals surface area contributed by atoms with Gasteiger partial charge >= 0.3 is 6.03 Å². The number of rotatable bonds is 5. The van der Waals surface area contributed by atoms with Crippen molar-refractivity contribution >= 4 is 23.7 Å². The van der Waals surface area contributed by atoms with Crippen molar-refractivity contribution in [3.63, 3.8) is 0 Å². The topological polar surface area (TPSA) is 102 Å². The fraction of sp³-hybridized carbons (Fsp3) is 0.438. The molecule has 25 heavy (non-hydrogen) atoms. The molecule has 0 aromatic carbocycles. The summed E-state index contributed by atoms with van der Waals surface area (Å²) in [5, 5.41) is 17.9. The number of carbonyl (C=O) groups excluding carboxylic acids is 2. The van der Waals surface area contributed by atoms with E-state index in [2.05, 4.69) is 25.9 Å². The number of urea groups is 1. The maximum absolute atomic E-state index is 12.0. The first-order chi connectivity index (χ1) is 11.9. The Morgan fingerprint density at radius 1 is 1.28 bits per heavy atom. The maximum atomic E-state index is 12.0. The molecule has 0 saturated heterocycles. The van der Waals surface area contributed by atoms with Crippen LogP contribution in [0.25, 0.3) is 5.82 Å².